The molecular weight excluding hydrogens is 194 g/mol. The van der Waals surface area contributed by atoms with Crippen molar-refractivity contribution in [1.82, 2.24) is 5.32 Å². The van der Waals surface area contributed by atoms with Crippen LogP contribution in [-0.2, 0) is 9.47 Å². The molecule has 0 spiro atoms. The van der Waals surface area contributed by atoms with Crippen LogP contribution < -0.4 is 5.32 Å². The molecule has 0 saturated carbocycles. The lowest BCUT2D eigenvalue weighted by molar-refractivity contribution is -0.0441. The number of hydrogen-bond donors (Lipinski definition) is 1. The molecule has 0 aliphatic rings. The quantitative estimate of drug-likeness (QED) is 0.341. The van der Waals surface area contributed by atoms with Gasteiger partial charge >= 0.3 is 0 Å². The Morgan fingerprint density at radius 2 is 1.79 bits per heavy atom. The van der Waals surface area contributed by atoms with Crippen molar-refractivity contribution in [1.29, 1.82) is 0 Å². The van der Waals surface area contributed by atoms with Gasteiger partial charge in [0.25, 0.3) is 0 Å². The molecule has 4 heteroatoms. The minimum Gasteiger partial charge on any atom is -0.360 e. The third kappa shape index (κ3) is 8.68. The zero-order valence-electron chi connectivity index (χ0n) is 9.64. The molecule has 84 valence electrons. The van der Waals surface area contributed by atoms with Gasteiger partial charge in [-0.15, -0.1) is 0 Å². The molecule has 0 heterocycles. The van der Waals surface area contributed by atoms with Crippen molar-refractivity contribution in [2.45, 2.75) is 38.1 Å². The minimum absolute atomic E-state index is 0.00522. The van der Waals surface area contributed by atoms with Gasteiger partial charge in [-0.3, -0.25) is 0 Å². The van der Waals surface area contributed by atoms with Crippen molar-refractivity contribution >= 4 is 9.52 Å². The van der Waals surface area contributed by atoms with Crippen LogP contribution in [0, 0.1) is 0 Å². The highest BCUT2D eigenvalue weighted by Gasteiger charge is 2.04. The summed E-state index contributed by atoms with van der Waals surface area (Å²) in [5.41, 5.74) is 0. The Morgan fingerprint density at radius 3 is 2.36 bits per heavy atom. The highest BCUT2D eigenvalue weighted by atomic mass is 28.2. The van der Waals surface area contributed by atoms with Crippen molar-refractivity contribution in [2.24, 2.45) is 0 Å². The molecule has 0 saturated heterocycles. The SMILES string of the molecule is CCCCNCCC[Si]C(OC)OC. The number of methoxy groups -OCH3 is 2. The smallest absolute Gasteiger partial charge is 0.136 e. The summed E-state index contributed by atoms with van der Waals surface area (Å²) in [6, 6.07) is 1.19. The van der Waals surface area contributed by atoms with Gasteiger partial charge in [-0.25, -0.2) is 0 Å². The lowest BCUT2D eigenvalue weighted by atomic mass is 10.3. The number of ether oxygens (including phenoxy) is 2. The average Bonchev–Trinajstić information content (AvgIpc) is 2.22. The van der Waals surface area contributed by atoms with Crippen LogP contribution in [0.2, 0.25) is 6.04 Å². The lowest BCUT2D eigenvalue weighted by Crippen LogP contribution is -2.23. The van der Waals surface area contributed by atoms with E-state index >= 15 is 0 Å². The second kappa shape index (κ2) is 11.2. The number of unbranched alkanes of at least 4 members (excludes halogenated alkanes) is 1. The molecule has 2 radical (unpaired) electrons. The van der Waals surface area contributed by atoms with Gasteiger partial charge in [0.2, 0.25) is 0 Å². The highest BCUT2D eigenvalue weighted by Crippen LogP contribution is 1.95. The summed E-state index contributed by atoms with van der Waals surface area (Å²) in [5.74, 6) is 0.00522. The Morgan fingerprint density at radius 1 is 1.14 bits per heavy atom. The summed E-state index contributed by atoms with van der Waals surface area (Å²) >= 11 is 0. The standard InChI is InChI=1S/C10H23NO2Si/c1-4-5-7-11-8-6-9-14-10(12-2)13-3/h10-11H,4-9H2,1-3H3. The summed E-state index contributed by atoms with van der Waals surface area (Å²) in [7, 11) is 4.14. The van der Waals surface area contributed by atoms with Crippen LogP contribution in [0.3, 0.4) is 0 Å². The topological polar surface area (TPSA) is 30.5 Å². The molecule has 0 aliphatic carbocycles. The van der Waals surface area contributed by atoms with Crippen molar-refractivity contribution in [2.75, 3.05) is 27.3 Å². The van der Waals surface area contributed by atoms with E-state index in [4.69, 9.17) is 9.47 Å². The van der Waals surface area contributed by atoms with Crippen LogP contribution in [0.25, 0.3) is 0 Å². The molecule has 0 bridgehead atoms. The first-order valence-electron chi connectivity index (χ1n) is 5.34. The Hall–Kier alpha value is 0.0969. The molecule has 0 atom stereocenters. The predicted molar refractivity (Wildman–Crippen MR) is 60.8 cm³/mol. The number of hydrogen-bond acceptors (Lipinski definition) is 3. The minimum atomic E-state index is 0.00522. The van der Waals surface area contributed by atoms with E-state index in [1.807, 2.05) is 0 Å². The number of rotatable bonds is 10. The van der Waals surface area contributed by atoms with E-state index in [-0.39, 0.29) is 5.91 Å². The molecule has 0 aromatic rings. The maximum absolute atomic E-state index is 5.11. The van der Waals surface area contributed by atoms with Crippen molar-refractivity contribution in [3.63, 3.8) is 0 Å². The fraction of sp³-hybridized carbons (Fsp3) is 1.00. The summed E-state index contributed by atoms with van der Waals surface area (Å²) < 4.78 is 10.2. The van der Waals surface area contributed by atoms with E-state index in [1.165, 1.54) is 25.3 Å². The summed E-state index contributed by atoms with van der Waals surface area (Å²) in [5, 5.41) is 3.42. The normalized spacial score (nSPS) is 11.1. The van der Waals surface area contributed by atoms with Gasteiger partial charge in [-0.1, -0.05) is 19.4 Å². The first-order chi connectivity index (χ1) is 6.85. The van der Waals surface area contributed by atoms with E-state index in [1.54, 1.807) is 14.2 Å². The van der Waals surface area contributed by atoms with Gasteiger partial charge in [0.15, 0.2) is 0 Å². The van der Waals surface area contributed by atoms with E-state index in [0.29, 0.717) is 0 Å². The van der Waals surface area contributed by atoms with Gasteiger partial charge in [-0.2, -0.15) is 0 Å². The Balaban J connectivity index is 3.04. The van der Waals surface area contributed by atoms with Crippen molar-refractivity contribution < 1.29 is 9.47 Å². The molecule has 1 N–H and O–H groups in total. The maximum Gasteiger partial charge on any atom is 0.136 e. The predicted octanol–water partition coefficient (Wildman–Crippen LogP) is 1.47. The molecule has 3 nitrogen and oxygen atoms in total. The van der Waals surface area contributed by atoms with Crippen LogP contribution >= 0.6 is 0 Å². The summed E-state index contributed by atoms with van der Waals surface area (Å²) in [6.07, 6.45) is 3.76. The van der Waals surface area contributed by atoms with Gasteiger partial charge in [0.1, 0.15) is 15.4 Å². The van der Waals surface area contributed by atoms with Crippen LogP contribution in [0.1, 0.15) is 26.2 Å². The average molecular weight is 217 g/mol. The van der Waals surface area contributed by atoms with Gasteiger partial charge in [0, 0.05) is 14.2 Å². The van der Waals surface area contributed by atoms with Crippen molar-refractivity contribution in [3.05, 3.63) is 0 Å². The zero-order valence-corrected chi connectivity index (χ0v) is 10.6. The molecule has 0 aliphatic heterocycles. The number of nitrogens with one attached hydrogen (secondary N) is 1. The first kappa shape index (κ1) is 14.1. The molecule has 0 aromatic heterocycles. The molecule has 0 aromatic carbocycles. The molecule has 14 heavy (non-hydrogen) atoms. The van der Waals surface area contributed by atoms with E-state index in [0.717, 1.165) is 22.6 Å². The van der Waals surface area contributed by atoms with Gasteiger partial charge in [-0.05, 0) is 25.9 Å². The monoisotopic (exact) mass is 217 g/mol. The highest BCUT2D eigenvalue weighted by molar-refractivity contribution is 6.36. The van der Waals surface area contributed by atoms with E-state index in [2.05, 4.69) is 12.2 Å². The summed E-state index contributed by atoms with van der Waals surface area (Å²) in [6.45, 7) is 4.48. The van der Waals surface area contributed by atoms with Gasteiger partial charge < -0.3 is 14.8 Å². The van der Waals surface area contributed by atoms with Crippen LogP contribution in [0.5, 0.6) is 0 Å². The van der Waals surface area contributed by atoms with E-state index in [9.17, 15) is 0 Å². The molecular formula is C10H23NO2Si. The lowest BCUT2D eigenvalue weighted by Gasteiger charge is -2.11. The molecule has 0 rings (SSSR count). The largest absolute Gasteiger partial charge is 0.360 e. The fourth-order valence-corrected chi connectivity index (χ4v) is 2.07. The fourth-order valence-electron chi connectivity index (χ4n) is 1.12. The van der Waals surface area contributed by atoms with Crippen LogP contribution in [-0.4, -0.2) is 42.7 Å². The summed E-state index contributed by atoms with van der Waals surface area (Å²) in [4.78, 5) is 0. The van der Waals surface area contributed by atoms with E-state index < -0.39 is 0 Å². The van der Waals surface area contributed by atoms with Crippen LogP contribution in [0.4, 0.5) is 0 Å². The third-order valence-corrected chi connectivity index (χ3v) is 3.42. The second-order valence-corrected chi connectivity index (χ2v) is 4.59. The molecule has 0 fully saturated rings. The van der Waals surface area contributed by atoms with Crippen molar-refractivity contribution in [3.8, 4) is 0 Å². The second-order valence-electron chi connectivity index (χ2n) is 3.21. The third-order valence-electron chi connectivity index (χ3n) is 1.98. The Kier molecular flexibility index (Phi) is 11.3. The zero-order chi connectivity index (χ0) is 10.6. The Labute approximate surface area is 90.4 Å². The first-order valence-corrected chi connectivity index (χ1v) is 6.63. The molecule has 0 amide bonds. The van der Waals surface area contributed by atoms with Crippen LogP contribution in [0.15, 0.2) is 0 Å². The maximum atomic E-state index is 5.11. The van der Waals surface area contributed by atoms with Gasteiger partial charge in [0.05, 0.1) is 0 Å². The molecule has 0 unspecified atom stereocenters. The Bertz CT molecular complexity index is 110.